The Balaban J connectivity index is 2.21. The molecule has 0 aromatic heterocycles. The monoisotopic (exact) mass is 531 g/mol. The molecule has 0 bridgehead atoms. The summed E-state index contributed by atoms with van der Waals surface area (Å²) in [6, 6.07) is 14.0. The van der Waals surface area contributed by atoms with Crippen molar-refractivity contribution in [1.29, 1.82) is 0 Å². The molecule has 2 aromatic rings. The Morgan fingerprint density at radius 1 is 1.00 bits per heavy atom. The number of aryl methyl sites for hydroxylation is 1. The van der Waals surface area contributed by atoms with Crippen molar-refractivity contribution in [1.82, 2.24) is 10.2 Å². The molecule has 0 fully saturated rings. The third kappa shape index (κ3) is 9.07. The predicted octanol–water partition coefficient (Wildman–Crippen LogP) is 4.27. The van der Waals surface area contributed by atoms with E-state index in [2.05, 4.69) is 5.32 Å². The number of hydrogen-bond donors (Lipinski definition) is 1. The van der Waals surface area contributed by atoms with Gasteiger partial charge in [-0.1, -0.05) is 43.7 Å². The molecule has 37 heavy (non-hydrogen) atoms. The number of anilines is 1. The quantitative estimate of drug-likeness (QED) is 0.393. The van der Waals surface area contributed by atoms with Crippen molar-refractivity contribution in [2.75, 3.05) is 24.2 Å². The summed E-state index contributed by atoms with van der Waals surface area (Å²) >= 11 is 0. The van der Waals surface area contributed by atoms with Gasteiger partial charge >= 0.3 is 0 Å². The molecule has 2 amide bonds. The van der Waals surface area contributed by atoms with Gasteiger partial charge in [-0.15, -0.1) is 0 Å². The molecule has 0 aliphatic carbocycles. The minimum Gasteiger partial charge on any atom is -0.497 e. The molecule has 0 saturated heterocycles. The molecule has 0 heterocycles. The molecule has 9 heteroatoms. The molecule has 8 nitrogen and oxygen atoms in total. The summed E-state index contributed by atoms with van der Waals surface area (Å²) < 4.78 is 31.4. The van der Waals surface area contributed by atoms with Crippen molar-refractivity contribution in [3.05, 3.63) is 59.7 Å². The number of benzene rings is 2. The standard InChI is InChI=1S/C28H41N3O5S/c1-7-22(4)29-28(33)26(8-2)30(20-23-13-11-21(3)12-14-23)27(32)10-9-19-31(37(6,34)35)24-15-17-25(36-5)18-16-24/h11-18,22,26H,7-10,19-20H2,1-6H3,(H,29,33)/t22-,26-/m0/s1. The van der Waals surface area contributed by atoms with Crippen molar-refractivity contribution in [2.45, 2.75) is 72.0 Å². The number of nitrogens with zero attached hydrogens (tertiary/aromatic N) is 2. The number of nitrogens with one attached hydrogen (secondary N) is 1. The SMILES string of the molecule is CC[C@H](C)NC(=O)[C@H](CC)N(Cc1ccc(C)cc1)C(=O)CCCN(c1ccc(OC)cc1)S(C)(=O)=O. The first-order valence-electron chi connectivity index (χ1n) is 12.8. The molecule has 2 aromatic carbocycles. The molecule has 204 valence electrons. The summed E-state index contributed by atoms with van der Waals surface area (Å²) in [5, 5.41) is 3.01. The molecule has 0 aliphatic heterocycles. The van der Waals surface area contributed by atoms with Crippen molar-refractivity contribution >= 4 is 27.5 Å². The number of rotatable bonds is 14. The van der Waals surface area contributed by atoms with Crippen LogP contribution in [0.25, 0.3) is 0 Å². The summed E-state index contributed by atoms with van der Waals surface area (Å²) in [5.41, 5.74) is 2.55. The Kier molecular flexibility index (Phi) is 11.4. The van der Waals surface area contributed by atoms with Crippen molar-refractivity contribution in [2.24, 2.45) is 0 Å². The topological polar surface area (TPSA) is 96.0 Å². The number of ether oxygens (including phenoxy) is 1. The highest BCUT2D eigenvalue weighted by Gasteiger charge is 2.29. The fourth-order valence-corrected chi connectivity index (χ4v) is 4.97. The number of carbonyl (C=O) groups excluding carboxylic acids is 2. The Labute approximate surface area is 222 Å². The van der Waals surface area contributed by atoms with Gasteiger partial charge in [0.15, 0.2) is 0 Å². The highest BCUT2D eigenvalue weighted by Crippen LogP contribution is 2.22. The highest BCUT2D eigenvalue weighted by molar-refractivity contribution is 7.92. The van der Waals surface area contributed by atoms with E-state index in [4.69, 9.17) is 4.74 Å². The number of methoxy groups -OCH3 is 1. The van der Waals surface area contributed by atoms with Crippen LogP contribution in [0.4, 0.5) is 5.69 Å². The molecule has 0 radical (unpaired) electrons. The Hall–Kier alpha value is -3.07. The molecule has 0 aliphatic rings. The van der Waals surface area contributed by atoms with Gasteiger partial charge in [-0.05, 0) is 62.9 Å². The van der Waals surface area contributed by atoms with Gasteiger partial charge in [0.2, 0.25) is 21.8 Å². The van der Waals surface area contributed by atoms with Crippen LogP contribution >= 0.6 is 0 Å². The summed E-state index contributed by atoms with van der Waals surface area (Å²) in [7, 11) is -2.01. The Morgan fingerprint density at radius 3 is 2.14 bits per heavy atom. The van der Waals surface area contributed by atoms with Crippen LogP contribution in [0.2, 0.25) is 0 Å². The normalized spacial score (nSPS) is 12.9. The molecular weight excluding hydrogens is 490 g/mol. The van der Waals surface area contributed by atoms with Crippen LogP contribution in [0.5, 0.6) is 5.75 Å². The molecule has 1 N–H and O–H groups in total. The number of hydrogen-bond acceptors (Lipinski definition) is 5. The Bertz CT molecular complexity index is 1120. The van der Waals surface area contributed by atoms with E-state index in [0.717, 1.165) is 23.8 Å². The number of carbonyl (C=O) groups is 2. The van der Waals surface area contributed by atoms with E-state index in [0.29, 0.717) is 30.8 Å². The summed E-state index contributed by atoms with van der Waals surface area (Å²) in [6.07, 6.45) is 2.84. The largest absolute Gasteiger partial charge is 0.497 e. The van der Waals surface area contributed by atoms with E-state index in [-0.39, 0.29) is 30.8 Å². The van der Waals surface area contributed by atoms with Crippen LogP contribution in [0.1, 0.15) is 57.6 Å². The molecule has 0 saturated carbocycles. The summed E-state index contributed by atoms with van der Waals surface area (Å²) in [6.45, 7) is 8.28. The van der Waals surface area contributed by atoms with E-state index in [9.17, 15) is 18.0 Å². The first kappa shape index (κ1) is 30.2. The highest BCUT2D eigenvalue weighted by atomic mass is 32.2. The van der Waals surface area contributed by atoms with Gasteiger partial charge in [-0.25, -0.2) is 8.42 Å². The summed E-state index contributed by atoms with van der Waals surface area (Å²) in [4.78, 5) is 28.2. The smallest absolute Gasteiger partial charge is 0.243 e. The summed E-state index contributed by atoms with van der Waals surface area (Å²) in [5.74, 6) is 0.267. The van der Waals surface area contributed by atoms with Gasteiger partial charge in [-0.3, -0.25) is 13.9 Å². The lowest BCUT2D eigenvalue weighted by atomic mass is 10.1. The van der Waals surface area contributed by atoms with Gasteiger partial charge in [0, 0.05) is 25.6 Å². The zero-order chi connectivity index (χ0) is 27.6. The number of sulfonamides is 1. The molecule has 2 atom stereocenters. The molecule has 0 spiro atoms. The van der Waals surface area contributed by atoms with Gasteiger partial charge in [0.25, 0.3) is 0 Å². The third-order valence-corrected chi connectivity index (χ3v) is 7.57. The lowest BCUT2D eigenvalue weighted by Crippen LogP contribution is -2.50. The van der Waals surface area contributed by atoms with Crippen LogP contribution in [0.15, 0.2) is 48.5 Å². The zero-order valence-corrected chi connectivity index (χ0v) is 23.7. The average Bonchev–Trinajstić information content (AvgIpc) is 2.86. The predicted molar refractivity (Wildman–Crippen MR) is 148 cm³/mol. The maximum absolute atomic E-state index is 13.5. The van der Waals surface area contributed by atoms with E-state index >= 15 is 0 Å². The molecule has 0 unspecified atom stereocenters. The van der Waals surface area contributed by atoms with Gasteiger partial charge in [0.05, 0.1) is 19.1 Å². The lowest BCUT2D eigenvalue weighted by Gasteiger charge is -2.32. The number of amides is 2. The fraction of sp³-hybridized carbons (Fsp3) is 0.500. The maximum atomic E-state index is 13.5. The van der Waals surface area contributed by atoms with Gasteiger partial charge in [0.1, 0.15) is 11.8 Å². The second kappa shape index (κ2) is 14.0. The van der Waals surface area contributed by atoms with Crippen LogP contribution in [-0.4, -0.2) is 57.1 Å². The molecular formula is C28H41N3O5S. The van der Waals surface area contributed by atoms with E-state index in [1.165, 1.54) is 4.31 Å². The van der Waals surface area contributed by atoms with E-state index in [1.54, 1.807) is 36.3 Å². The van der Waals surface area contributed by atoms with E-state index in [1.807, 2.05) is 52.0 Å². The fourth-order valence-electron chi connectivity index (χ4n) is 4.00. The van der Waals surface area contributed by atoms with Crippen molar-refractivity contribution < 1.29 is 22.7 Å². The Morgan fingerprint density at radius 2 is 1.62 bits per heavy atom. The minimum absolute atomic E-state index is 0.00527. The second-order valence-corrected chi connectivity index (χ2v) is 11.3. The van der Waals surface area contributed by atoms with E-state index < -0.39 is 16.1 Å². The first-order valence-corrected chi connectivity index (χ1v) is 14.6. The van der Waals surface area contributed by atoms with Crippen LogP contribution < -0.4 is 14.4 Å². The maximum Gasteiger partial charge on any atom is 0.243 e. The van der Waals surface area contributed by atoms with Gasteiger partial charge in [-0.2, -0.15) is 0 Å². The minimum atomic E-state index is -3.56. The second-order valence-electron chi connectivity index (χ2n) is 9.39. The first-order chi connectivity index (χ1) is 17.5. The van der Waals surface area contributed by atoms with Crippen LogP contribution in [0, 0.1) is 6.92 Å². The van der Waals surface area contributed by atoms with Crippen LogP contribution in [-0.2, 0) is 26.2 Å². The third-order valence-electron chi connectivity index (χ3n) is 6.37. The zero-order valence-electron chi connectivity index (χ0n) is 22.9. The lowest BCUT2D eigenvalue weighted by molar-refractivity contribution is -0.141. The van der Waals surface area contributed by atoms with Crippen molar-refractivity contribution in [3.63, 3.8) is 0 Å². The van der Waals surface area contributed by atoms with Gasteiger partial charge < -0.3 is 15.0 Å². The van der Waals surface area contributed by atoms with Crippen molar-refractivity contribution in [3.8, 4) is 5.75 Å². The van der Waals surface area contributed by atoms with Crippen LogP contribution in [0.3, 0.4) is 0 Å². The molecule has 2 rings (SSSR count). The average molecular weight is 532 g/mol.